The lowest BCUT2D eigenvalue weighted by Crippen LogP contribution is -2.11. The zero-order valence-corrected chi connectivity index (χ0v) is 7.45. The summed E-state index contributed by atoms with van der Waals surface area (Å²) in [6.07, 6.45) is 2.14. The number of aliphatic hydroxyl groups is 1. The Kier molecular flexibility index (Phi) is 6.51. The van der Waals surface area contributed by atoms with E-state index in [1.54, 1.807) is 0 Å². The van der Waals surface area contributed by atoms with Crippen LogP contribution >= 0.6 is 11.6 Å². The van der Waals surface area contributed by atoms with Gasteiger partial charge in [0.05, 0.1) is 6.61 Å². The van der Waals surface area contributed by atoms with Gasteiger partial charge in [0.25, 0.3) is 0 Å². The highest BCUT2D eigenvalue weighted by Crippen LogP contribution is 1.97. The van der Waals surface area contributed by atoms with E-state index in [2.05, 4.69) is 9.47 Å². The van der Waals surface area contributed by atoms with E-state index < -0.39 is 11.7 Å². The maximum Gasteiger partial charge on any atom is 0.510 e. The van der Waals surface area contributed by atoms with Crippen molar-refractivity contribution in [1.29, 1.82) is 0 Å². The lowest BCUT2D eigenvalue weighted by atomic mass is 10.5. The van der Waals surface area contributed by atoms with Gasteiger partial charge in [-0.2, -0.15) is 0 Å². The number of rotatable bonds is 4. The average Bonchev–Trinajstić information content (AvgIpc) is 1.97. The van der Waals surface area contributed by atoms with E-state index in [4.69, 9.17) is 16.7 Å². The molecule has 0 fully saturated rings. The summed E-state index contributed by atoms with van der Waals surface area (Å²) in [5, 5.41) is 8.30. The average molecular weight is 195 g/mol. The van der Waals surface area contributed by atoms with Gasteiger partial charge in [0.15, 0.2) is 5.56 Å². The molecule has 0 bridgehead atoms. The van der Waals surface area contributed by atoms with E-state index in [-0.39, 0.29) is 13.2 Å². The van der Waals surface area contributed by atoms with Crippen LogP contribution in [0.15, 0.2) is 12.2 Å². The normalized spacial score (nSPS) is 12.9. The first kappa shape index (κ1) is 11.3. The quantitative estimate of drug-likeness (QED) is 0.416. The topological polar surface area (TPSA) is 55.8 Å². The van der Waals surface area contributed by atoms with Crippen molar-refractivity contribution >= 4 is 17.8 Å². The third-order valence-electron chi connectivity index (χ3n) is 0.828. The molecule has 0 spiro atoms. The van der Waals surface area contributed by atoms with Gasteiger partial charge in [-0.05, 0) is 13.0 Å². The summed E-state index contributed by atoms with van der Waals surface area (Å²) in [6, 6.07) is 0. The molecule has 0 saturated carbocycles. The third kappa shape index (κ3) is 7.37. The summed E-state index contributed by atoms with van der Waals surface area (Å²) in [5.41, 5.74) is -0.695. The summed E-state index contributed by atoms with van der Waals surface area (Å²) in [5.74, 6) is 0. The molecule has 0 aliphatic carbocycles. The van der Waals surface area contributed by atoms with E-state index in [0.717, 1.165) is 0 Å². The Morgan fingerprint density at radius 1 is 1.67 bits per heavy atom. The molecule has 0 radical (unpaired) electrons. The number of ether oxygens (including phenoxy) is 2. The van der Waals surface area contributed by atoms with Crippen molar-refractivity contribution in [2.75, 3.05) is 13.2 Å². The number of carbonyl (C=O) groups is 1. The first-order chi connectivity index (χ1) is 5.66. The van der Waals surface area contributed by atoms with Crippen LogP contribution in [-0.4, -0.2) is 30.0 Å². The minimum absolute atomic E-state index is 0.0724. The highest BCUT2D eigenvalue weighted by Gasteiger charge is 2.05. The summed E-state index contributed by atoms with van der Waals surface area (Å²) < 4.78 is 8.95. The lowest BCUT2D eigenvalue weighted by molar-refractivity contribution is 0.0573. The number of aliphatic hydroxyl groups excluding tert-OH is 1. The fraction of sp³-hybridized carbons (Fsp3) is 0.571. The van der Waals surface area contributed by atoms with Crippen LogP contribution in [0.2, 0.25) is 0 Å². The molecule has 0 saturated heterocycles. The van der Waals surface area contributed by atoms with Crippen molar-refractivity contribution in [3.05, 3.63) is 12.2 Å². The van der Waals surface area contributed by atoms with Crippen LogP contribution < -0.4 is 0 Å². The molecule has 1 atom stereocenters. The van der Waals surface area contributed by atoms with Crippen LogP contribution in [0, 0.1) is 0 Å². The van der Waals surface area contributed by atoms with Gasteiger partial charge in [-0.1, -0.05) is 17.7 Å². The Hall–Kier alpha value is -0.740. The number of halogens is 1. The molecule has 0 aromatic rings. The molecule has 12 heavy (non-hydrogen) atoms. The van der Waals surface area contributed by atoms with Crippen molar-refractivity contribution in [1.82, 2.24) is 0 Å². The fourth-order valence-corrected chi connectivity index (χ4v) is 0.498. The number of carbonyl (C=O) groups excluding carboxylic acids is 1. The van der Waals surface area contributed by atoms with E-state index in [0.29, 0.717) is 0 Å². The number of hydrogen-bond donors (Lipinski definition) is 1. The minimum Gasteiger partial charge on any atom is -0.430 e. The molecule has 0 aromatic carbocycles. The zero-order valence-electron chi connectivity index (χ0n) is 6.70. The zero-order chi connectivity index (χ0) is 9.40. The van der Waals surface area contributed by atoms with Gasteiger partial charge in [0, 0.05) is 0 Å². The van der Waals surface area contributed by atoms with Crippen LogP contribution in [0.25, 0.3) is 0 Å². The molecule has 0 aliphatic rings. The molecule has 0 heterocycles. The Morgan fingerprint density at radius 2 is 2.33 bits per heavy atom. The molecular weight excluding hydrogens is 184 g/mol. The maximum absolute atomic E-state index is 10.6. The van der Waals surface area contributed by atoms with Gasteiger partial charge in [-0.25, -0.2) is 4.79 Å². The van der Waals surface area contributed by atoms with Crippen LogP contribution in [0.3, 0.4) is 0 Å². The van der Waals surface area contributed by atoms with Gasteiger partial charge in [0.1, 0.15) is 6.61 Å². The van der Waals surface area contributed by atoms with Crippen LogP contribution in [0.5, 0.6) is 0 Å². The second-order valence-electron chi connectivity index (χ2n) is 1.88. The smallest absolute Gasteiger partial charge is 0.430 e. The molecule has 5 heteroatoms. The second kappa shape index (κ2) is 6.94. The summed E-state index contributed by atoms with van der Waals surface area (Å²) in [4.78, 5) is 10.6. The van der Waals surface area contributed by atoms with Gasteiger partial charge in [0.2, 0.25) is 0 Å². The molecule has 1 N–H and O–H groups in total. The molecule has 0 rings (SSSR count). The molecular formula is C7H11ClO4. The predicted molar refractivity (Wildman–Crippen MR) is 44.0 cm³/mol. The standard InChI is InChI=1S/C7H11ClO4/c1-6(8)12-7(10)11-5-3-2-4-9/h2-3,6,9H,4-5H2,1H3/b3-2-. The Balaban J connectivity index is 3.38. The largest absolute Gasteiger partial charge is 0.510 e. The summed E-state index contributed by atoms with van der Waals surface area (Å²) in [7, 11) is 0. The maximum atomic E-state index is 10.6. The van der Waals surface area contributed by atoms with Crippen LogP contribution in [0.4, 0.5) is 4.79 Å². The van der Waals surface area contributed by atoms with Gasteiger partial charge >= 0.3 is 6.16 Å². The molecule has 0 aliphatic heterocycles. The van der Waals surface area contributed by atoms with Gasteiger partial charge in [-0.3, -0.25) is 0 Å². The molecule has 70 valence electrons. The molecule has 1 unspecified atom stereocenters. The summed E-state index contributed by atoms with van der Waals surface area (Å²) in [6.45, 7) is 1.50. The second-order valence-corrected chi connectivity index (χ2v) is 2.49. The number of alkyl halides is 1. The monoisotopic (exact) mass is 194 g/mol. The van der Waals surface area contributed by atoms with E-state index in [1.165, 1.54) is 19.1 Å². The van der Waals surface area contributed by atoms with E-state index in [1.807, 2.05) is 0 Å². The highest BCUT2D eigenvalue weighted by molar-refractivity contribution is 6.19. The fourth-order valence-electron chi connectivity index (χ4n) is 0.425. The van der Waals surface area contributed by atoms with Crippen molar-refractivity contribution in [2.24, 2.45) is 0 Å². The van der Waals surface area contributed by atoms with Crippen LogP contribution in [0.1, 0.15) is 6.92 Å². The van der Waals surface area contributed by atoms with Crippen molar-refractivity contribution in [3.63, 3.8) is 0 Å². The van der Waals surface area contributed by atoms with Crippen molar-refractivity contribution in [2.45, 2.75) is 12.5 Å². The summed E-state index contributed by atoms with van der Waals surface area (Å²) >= 11 is 5.33. The van der Waals surface area contributed by atoms with Crippen molar-refractivity contribution < 1.29 is 19.4 Å². The van der Waals surface area contributed by atoms with E-state index >= 15 is 0 Å². The van der Waals surface area contributed by atoms with Gasteiger partial charge in [-0.15, -0.1) is 0 Å². The van der Waals surface area contributed by atoms with Gasteiger partial charge < -0.3 is 14.6 Å². The van der Waals surface area contributed by atoms with Crippen LogP contribution in [-0.2, 0) is 9.47 Å². The molecule has 4 nitrogen and oxygen atoms in total. The predicted octanol–water partition coefficient (Wildman–Crippen LogP) is 1.27. The lowest BCUT2D eigenvalue weighted by Gasteiger charge is -2.04. The third-order valence-corrected chi connectivity index (χ3v) is 0.917. The van der Waals surface area contributed by atoms with E-state index in [9.17, 15) is 4.79 Å². The Bertz CT molecular complexity index is 155. The highest BCUT2D eigenvalue weighted by atomic mass is 35.5. The Labute approximate surface area is 75.7 Å². The SMILES string of the molecule is CC(Cl)OC(=O)OC/C=C\CO. The van der Waals surface area contributed by atoms with Crippen molar-refractivity contribution in [3.8, 4) is 0 Å². The first-order valence-electron chi connectivity index (χ1n) is 3.40. The molecule has 0 aromatic heterocycles. The molecule has 0 amide bonds. The minimum atomic E-state index is -0.819. The first-order valence-corrected chi connectivity index (χ1v) is 3.83. The Morgan fingerprint density at radius 3 is 2.83 bits per heavy atom. The number of hydrogen-bond acceptors (Lipinski definition) is 4.